The number of nitrogens with one attached hydrogen (secondary N) is 1. The Morgan fingerprint density at radius 2 is 2.27 bits per heavy atom. The maximum absolute atomic E-state index is 5.47. The summed E-state index contributed by atoms with van der Waals surface area (Å²) in [5.74, 6) is 6.22. The van der Waals surface area contributed by atoms with E-state index in [1.54, 1.807) is 12.5 Å². The molecule has 2 aromatic heterocycles. The smallest absolute Gasteiger partial charge is 0.128 e. The molecule has 1 unspecified atom stereocenters. The summed E-state index contributed by atoms with van der Waals surface area (Å²) in [6.07, 6.45) is 3.33. The predicted molar refractivity (Wildman–Crippen MR) is 59.8 cm³/mol. The van der Waals surface area contributed by atoms with E-state index in [1.165, 1.54) is 0 Å². The number of rotatable bonds is 3. The number of hydrazine groups is 1. The van der Waals surface area contributed by atoms with Gasteiger partial charge in [0.25, 0.3) is 0 Å². The molecule has 0 spiro atoms. The van der Waals surface area contributed by atoms with Crippen LogP contribution in [0.25, 0.3) is 0 Å². The van der Waals surface area contributed by atoms with Gasteiger partial charge >= 0.3 is 0 Å². The van der Waals surface area contributed by atoms with E-state index in [9.17, 15) is 0 Å². The summed E-state index contributed by atoms with van der Waals surface area (Å²) >= 11 is 3.33. The molecule has 0 amide bonds. The van der Waals surface area contributed by atoms with Crippen molar-refractivity contribution in [2.45, 2.75) is 6.04 Å². The molecule has 1 atom stereocenters. The Labute approximate surface area is 95.6 Å². The second-order valence-corrected chi connectivity index (χ2v) is 3.93. The number of nitrogens with two attached hydrogens (primary N) is 1. The molecule has 3 N–H and O–H groups in total. The van der Waals surface area contributed by atoms with Crippen LogP contribution in [0.5, 0.6) is 0 Å². The summed E-state index contributed by atoms with van der Waals surface area (Å²) in [5.41, 5.74) is 3.48. The molecule has 0 saturated carbocycles. The fraction of sp³-hybridized carbons (Fsp3) is 0.100. The van der Waals surface area contributed by atoms with Crippen LogP contribution in [-0.2, 0) is 0 Å². The minimum atomic E-state index is -0.215. The molecule has 0 aliphatic heterocycles. The lowest BCUT2D eigenvalue weighted by atomic mass is 10.1. The zero-order valence-electron chi connectivity index (χ0n) is 7.85. The summed E-state index contributed by atoms with van der Waals surface area (Å²) < 4.78 is 6.21. The van der Waals surface area contributed by atoms with Gasteiger partial charge in [0, 0.05) is 10.7 Å². The summed E-state index contributed by atoms with van der Waals surface area (Å²) in [4.78, 5) is 4.26. The molecule has 0 aromatic carbocycles. The number of nitrogens with zero attached hydrogens (tertiary/aromatic N) is 1. The van der Waals surface area contributed by atoms with Crippen molar-refractivity contribution < 1.29 is 4.42 Å². The summed E-state index contributed by atoms with van der Waals surface area (Å²) in [6, 6.07) is 7.26. The number of furan rings is 1. The zero-order chi connectivity index (χ0) is 10.7. The van der Waals surface area contributed by atoms with Crippen molar-refractivity contribution in [1.82, 2.24) is 10.4 Å². The third-order valence-electron chi connectivity index (χ3n) is 2.04. The van der Waals surface area contributed by atoms with Gasteiger partial charge in [-0.15, -0.1) is 0 Å². The van der Waals surface area contributed by atoms with Crippen LogP contribution in [0.15, 0.2) is 45.6 Å². The number of aromatic nitrogens is 1. The summed E-state index contributed by atoms with van der Waals surface area (Å²) in [5, 5.41) is 0. The molecule has 15 heavy (non-hydrogen) atoms. The van der Waals surface area contributed by atoms with E-state index in [1.807, 2.05) is 24.3 Å². The summed E-state index contributed by atoms with van der Waals surface area (Å²) in [6.45, 7) is 0. The molecule has 2 aromatic rings. The average Bonchev–Trinajstić information content (AvgIpc) is 2.75. The Morgan fingerprint density at radius 3 is 2.80 bits per heavy atom. The van der Waals surface area contributed by atoms with Gasteiger partial charge in [-0.1, -0.05) is 0 Å². The molecular formula is C10H10BrN3O. The highest BCUT2D eigenvalue weighted by molar-refractivity contribution is 9.10. The fourth-order valence-electron chi connectivity index (χ4n) is 1.33. The topological polar surface area (TPSA) is 64.1 Å². The molecule has 4 nitrogen and oxygen atoms in total. The number of hydrogen-bond donors (Lipinski definition) is 2. The highest BCUT2D eigenvalue weighted by Gasteiger charge is 2.15. The van der Waals surface area contributed by atoms with Gasteiger partial charge in [0.2, 0.25) is 0 Å². The van der Waals surface area contributed by atoms with Crippen LogP contribution in [0.2, 0.25) is 0 Å². The van der Waals surface area contributed by atoms with Crippen LogP contribution in [0.4, 0.5) is 0 Å². The van der Waals surface area contributed by atoms with Crippen molar-refractivity contribution in [3.63, 3.8) is 0 Å². The first-order valence-corrected chi connectivity index (χ1v) is 5.21. The molecule has 0 saturated heterocycles. The quantitative estimate of drug-likeness (QED) is 0.660. The van der Waals surface area contributed by atoms with Gasteiger partial charge in [-0.25, -0.2) is 5.43 Å². The Morgan fingerprint density at radius 1 is 1.40 bits per heavy atom. The number of hydrogen-bond acceptors (Lipinski definition) is 4. The van der Waals surface area contributed by atoms with Crippen LogP contribution in [0.1, 0.15) is 17.5 Å². The van der Waals surface area contributed by atoms with Gasteiger partial charge in [0.05, 0.1) is 12.0 Å². The summed E-state index contributed by atoms with van der Waals surface area (Å²) in [7, 11) is 0. The average molecular weight is 268 g/mol. The van der Waals surface area contributed by atoms with Gasteiger partial charge in [-0.2, -0.15) is 0 Å². The van der Waals surface area contributed by atoms with E-state index in [0.29, 0.717) is 0 Å². The molecular weight excluding hydrogens is 258 g/mol. The maximum Gasteiger partial charge on any atom is 0.128 e. The minimum absolute atomic E-state index is 0.215. The highest BCUT2D eigenvalue weighted by Crippen LogP contribution is 2.20. The third kappa shape index (κ3) is 2.26. The molecule has 0 radical (unpaired) electrons. The first-order valence-electron chi connectivity index (χ1n) is 4.42. The lowest BCUT2D eigenvalue weighted by molar-refractivity contribution is 0.447. The molecule has 5 heteroatoms. The molecule has 78 valence electrons. The number of halogens is 1. The monoisotopic (exact) mass is 267 g/mol. The van der Waals surface area contributed by atoms with Crippen LogP contribution in [0, 0.1) is 0 Å². The van der Waals surface area contributed by atoms with Crippen molar-refractivity contribution in [2.24, 2.45) is 5.84 Å². The first kappa shape index (κ1) is 10.4. The first-order chi connectivity index (χ1) is 7.31. The van der Waals surface area contributed by atoms with Gasteiger partial charge in [-0.05, 0) is 40.2 Å². The second-order valence-electron chi connectivity index (χ2n) is 3.02. The highest BCUT2D eigenvalue weighted by atomic mass is 79.9. The van der Waals surface area contributed by atoms with Crippen LogP contribution in [-0.4, -0.2) is 4.98 Å². The largest absolute Gasteiger partial charge is 0.467 e. The third-order valence-corrected chi connectivity index (χ3v) is 2.51. The van der Waals surface area contributed by atoms with Crippen molar-refractivity contribution in [1.29, 1.82) is 0 Å². The van der Waals surface area contributed by atoms with Gasteiger partial charge in [0.15, 0.2) is 0 Å². The van der Waals surface area contributed by atoms with E-state index in [4.69, 9.17) is 10.3 Å². The molecule has 0 bridgehead atoms. The Bertz CT molecular complexity index is 413. The van der Waals surface area contributed by atoms with E-state index in [0.717, 1.165) is 15.9 Å². The standard InChI is InChI=1S/C10H10BrN3O/c11-7-3-4-8(13-6-7)10(14-12)9-2-1-5-15-9/h1-6,10,14H,12H2. The van der Waals surface area contributed by atoms with Crippen molar-refractivity contribution in [3.05, 3.63) is 52.7 Å². The van der Waals surface area contributed by atoms with E-state index in [2.05, 4.69) is 26.3 Å². The van der Waals surface area contributed by atoms with E-state index < -0.39 is 0 Å². The van der Waals surface area contributed by atoms with Crippen molar-refractivity contribution in [3.8, 4) is 0 Å². The fourth-order valence-corrected chi connectivity index (χ4v) is 1.56. The number of pyridine rings is 1. The van der Waals surface area contributed by atoms with Gasteiger partial charge < -0.3 is 4.42 Å². The Kier molecular flexibility index (Phi) is 3.15. The maximum atomic E-state index is 5.47. The lowest BCUT2D eigenvalue weighted by Crippen LogP contribution is -2.29. The van der Waals surface area contributed by atoms with Gasteiger partial charge in [0.1, 0.15) is 11.8 Å². The Balaban J connectivity index is 2.31. The Hall–Kier alpha value is -1.17. The van der Waals surface area contributed by atoms with Crippen LogP contribution < -0.4 is 11.3 Å². The van der Waals surface area contributed by atoms with E-state index in [-0.39, 0.29) is 6.04 Å². The van der Waals surface area contributed by atoms with Crippen molar-refractivity contribution >= 4 is 15.9 Å². The molecule has 0 aliphatic carbocycles. The molecule has 2 heterocycles. The SMILES string of the molecule is NNC(c1ccc(Br)cn1)c1ccco1. The van der Waals surface area contributed by atoms with Crippen LogP contribution >= 0.6 is 15.9 Å². The van der Waals surface area contributed by atoms with Crippen molar-refractivity contribution in [2.75, 3.05) is 0 Å². The minimum Gasteiger partial charge on any atom is -0.467 e. The zero-order valence-corrected chi connectivity index (χ0v) is 9.44. The van der Waals surface area contributed by atoms with Crippen LogP contribution in [0.3, 0.4) is 0 Å². The van der Waals surface area contributed by atoms with Gasteiger partial charge in [-0.3, -0.25) is 10.8 Å². The van der Waals surface area contributed by atoms with E-state index >= 15 is 0 Å². The molecule has 0 fully saturated rings. The normalized spacial score (nSPS) is 12.7. The lowest BCUT2D eigenvalue weighted by Gasteiger charge is -2.12. The second kappa shape index (κ2) is 4.57. The molecule has 2 rings (SSSR count). The predicted octanol–water partition coefficient (Wildman–Crippen LogP) is 1.99. The molecule has 0 aliphatic rings.